The molecule has 0 amide bonds. The zero-order chi connectivity index (χ0) is 13.8. The van der Waals surface area contributed by atoms with Crippen LogP contribution in [0.4, 0.5) is 5.82 Å². The first-order valence-electron chi connectivity index (χ1n) is 6.45. The number of aryl methyl sites for hydroxylation is 2. The SMILES string of the molecule is Nc1ccc(-c2cncn2CCc2ccccn2)cn1. The zero-order valence-electron chi connectivity index (χ0n) is 11.0. The van der Waals surface area contributed by atoms with Gasteiger partial charge in [0.05, 0.1) is 18.2 Å². The number of hydrogen-bond donors (Lipinski definition) is 1. The molecule has 0 aromatic carbocycles. The highest BCUT2D eigenvalue weighted by Crippen LogP contribution is 2.19. The maximum atomic E-state index is 5.61. The molecule has 3 aromatic rings. The summed E-state index contributed by atoms with van der Waals surface area (Å²) < 4.78 is 2.10. The van der Waals surface area contributed by atoms with E-state index >= 15 is 0 Å². The van der Waals surface area contributed by atoms with Crippen molar-refractivity contribution >= 4 is 5.82 Å². The van der Waals surface area contributed by atoms with E-state index in [1.54, 1.807) is 12.3 Å². The number of aromatic nitrogens is 4. The van der Waals surface area contributed by atoms with E-state index in [0.717, 1.165) is 29.9 Å². The first-order chi connectivity index (χ1) is 9.83. The van der Waals surface area contributed by atoms with Gasteiger partial charge in [0.1, 0.15) is 5.82 Å². The van der Waals surface area contributed by atoms with Gasteiger partial charge in [0.25, 0.3) is 0 Å². The Balaban J connectivity index is 1.78. The van der Waals surface area contributed by atoms with Crippen molar-refractivity contribution in [3.8, 4) is 11.3 Å². The lowest BCUT2D eigenvalue weighted by Gasteiger charge is -2.08. The lowest BCUT2D eigenvalue weighted by atomic mass is 10.2. The number of nitrogens with zero attached hydrogens (tertiary/aromatic N) is 4. The largest absolute Gasteiger partial charge is 0.384 e. The van der Waals surface area contributed by atoms with Gasteiger partial charge in [-0.1, -0.05) is 6.07 Å². The molecule has 0 radical (unpaired) electrons. The minimum absolute atomic E-state index is 0.522. The van der Waals surface area contributed by atoms with E-state index in [1.807, 2.05) is 43.0 Å². The maximum Gasteiger partial charge on any atom is 0.123 e. The number of rotatable bonds is 4. The lowest BCUT2D eigenvalue weighted by molar-refractivity contribution is 0.690. The van der Waals surface area contributed by atoms with Crippen LogP contribution in [0.5, 0.6) is 0 Å². The van der Waals surface area contributed by atoms with Crippen LogP contribution in [0.15, 0.2) is 55.2 Å². The van der Waals surface area contributed by atoms with Gasteiger partial charge in [0.2, 0.25) is 0 Å². The fourth-order valence-electron chi connectivity index (χ4n) is 2.08. The van der Waals surface area contributed by atoms with Gasteiger partial charge in [-0.2, -0.15) is 0 Å². The van der Waals surface area contributed by atoms with E-state index in [2.05, 4.69) is 19.5 Å². The molecule has 100 valence electrons. The molecule has 0 aliphatic carbocycles. The van der Waals surface area contributed by atoms with Gasteiger partial charge in [-0.15, -0.1) is 0 Å². The molecular weight excluding hydrogens is 250 g/mol. The standard InChI is InChI=1S/C15H15N5/c16-15-5-4-12(9-19-15)14-10-17-11-20(14)8-6-13-3-1-2-7-18-13/h1-5,7,9-11H,6,8H2,(H2,16,19). The Hall–Kier alpha value is -2.69. The average Bonchev–Trinajstić information content (AvgIpc) is 2.95. The first-order valence-corrected chi connectivity index (χ1v) is 6.45. The Kier molecular flexibility index (Phi) is 3.41. The van der Waals surface area contributed by atoms with Crippen molar-refractivity contribution in [2.45, 2.75) is 13.0 Å². The van der Waals surface area contributed by atoms with Crippen LogP contribution in [0.3, 0.4) is 0 Å². The molecule has 0 saturated carbocycles. The van der Waals surface area contributed by atoms with E-state index in [0.29, 0.717) is 5.82 Å². The van der Waals surface area contributed by atoms with Gasteiger partial charge in [-0.05, 0) is 24.3 Å². The minimum atomic E-state index is 0.522. The summed E-state index contributed by atoms with van der Waals surface area (Å²) in [5.74, 6) is 0.522. The molecule has 3 aromatic heterocycles. The molecule has 0 atom stereocenters. The number of nitrogens with two attached hydrogens (primary N) is 1. The summed E-state index contributed by atoms with van der Waals surface area (Å²) in [5, 5.41) is 0. The van der Waals surface area contributed by atoms with Crippen molar-refractivity contribution in [3.05, 3.63) is 60.9 Å². The maximum absolute atomic E-state index is 5.61. The molecule has 0 aliphatic rings. The Morgan fingerprint density at radius 2 is 2.00 bits per heavy atom. The number of anilines is 1. The third kappa shape index (κ3) is 2.66. The molecule has 20 heavy (non-hydrogen) atoms. The minimum Gasteiger partial charge on any atom is -0.384 e. The van der Waals surface area contributed by atoms with Gasteiger partial charge < -0.3 is 10.3 Å². The predicted octanol–water partition coefficient (Wildman–Crippen LogP) is 2.17. The predicted molar refractivity (Wildman–Crippen MR) is 77.8 cm³/mol. The third-order valence-corrected chi connectivity index (χ3v) is 3.13. The topological polar surface area (TPSA) is 69.6 Å². The van der Waals surface area contributed by atoms with Gasteiger partial charge in [0.15, 0.2) is 0 Å². The normalized spacial score (nSPS) is 10.6. The van der Waals surface area contributed by atoms with E-state index in [4.69, 9.17) is 5.73 Å². The molecule has 0 aliphatic heterocycles. The van der Waals surface area contributed by atoms with Crippen molar-refractivity contribution < 1.29 is 0 Å². The van der Waals surface area contributed by atoms with Crippen molar-refractivity contribution in [3.63, 3.8) is 0 Å². The monoisotopic (exact) mass is 265 g/mol. The fourth-order valence-corrected chi connectivity index (χ4v) is 2.08. The Morgan fingerprint density at radius 3 is 2.75 bits per heavy atom. The Labute approximate surface area is 117 Å². The van der Waals surface area contributed by atoms with Gasteiger partial charge >= 0.3 is 0 Å². The highest BCUT2D eigenvalue weighted by molar-refractivity contribution is 5.59. The molecule has 0 unspecified atom stereocenters. The molecular formula is C15H15N5. The van der Waals surface area contributed by atoms with Crippen molar-refractivity contribution in [1.29, 1.82) is 0 Å². The van der Waals surface area contributed by atoms with Crippen LogP contribution in [0, 0.1) is 0 Å². The summed E-state index contributed by atoms with van der Waals surface area (Å²) in [6.07, 6.45) is 8.12. The summed E-state index contributed by atoms with van der Waals surface area (Å²) in [6.45, 7) is 0.830. The fraction of sp³-hybridized carbons (Fsp3) is 0.133. The summed E-state index contributed by atoms with van der Waals surface area (Å²) in [5.41, 5.74) is 8.73. The smallest absolute Gasteiger partial charge is 0.123 e. The molecule has 0 fully saturated rings. The van der Waals surface area contributed by atoms with Gasteiger partial charge in [-0.3, -0.25) is 4.98 Å². The zero-order valence-corrected chi connectivity index (χ0v) is 11.0. The third-order valence-electron chi connectivity index (χ3n) is 3.13. The molecule has 0 saturated heterocycles. The summed E-state index contributed by atoms with van der Waals surface area (Å²) in [7, 11) is 0. The number of nitrogen functional groups attached to an aromatic ring is 1. The van der Waals surface area contributed by atoms with Crippen molar-refractivity contribution in [1.82, 2.24) is 19.5 Å². The second-order valence-corrected chi connectivity index (χ2v) is 4.52. The van der Waals surface area contributed by atoms with Crippen LogP contribution in [0.25, 0.3) is 11.3 Å². The lowest BCUT2D eigenvalue weighted by Crippen LogP contribution is -2.03. The Bertz CT molecular complexity index is 673. The van der Waals surface area contributed by atoms with E-state index in [-0.39, 0.29) is 0 Å². The molecule has 2 N–H and O–H groups in total. The van der Waals surface area contributed by atoms with Crippen molar-refractivity contribution in [2.24, 2.45) is 0 Å². The van der Waals surface area contributed by atoms with Gasteiger partial charge in [-0.25, -0.2) is 9.97 Å². The van der Waals surface area contributed by atoms with Crippen LogP contribution >= 0.6 is 0 Å². The van der Waals surface area contributed by atoms with E-state index in [9.17, 15) is 0 Å². The summed E-state index contributed by atoms with van der Waals surface area (Å²) in [4.78, 5) is 12.7. The Morgan fingerprint density at radius 1 is 1.05 bits per heavy atom. The van der Waals surface area contributed by atoms with Crippen LogP contribution in [0.1, 0.15) is 5.69 Å². The molecule has 0 spiro atoms. The average molecular weight is 265 g/mol. The molecule has 3 heterocycles. The molecule has 5 nitrogen and oxygen atoms in total. The van der Waals surface area contributed by atoms with Crippen molar-refractivity contribution in [2.75, 3.05) is 5.73 Å². The van der Waals surface area contributed by atoms with Crippen LogP contribution in [-0.2, 0) is 13.0 Å². The molecule has 3 rings (SSSR count). The molecule has 0 bridgehead atoms. The second-order valence-electron chi connectivity index (χ2n) is 4.52. The summed E-state index contributed by atoms with van der Waals surface area (Å²) in [6, 6.07) is 9.71. The highest BCUT2D eigenvalue weighted by Gasteiger charge is 2.06. The summed E-state index contributed by atoms with van der Waals surface area (Å²) >= 11 is 0. The highest BCUT2D eigenvalue weighted by atomic mass is 15.0. The number of hydrogen-bond acceptors (Lipinski definition) is 4. The van der Waals surface area contributed by atoms with E-state index in [1.165, 1.54) is 0 Å². The van der Waals surface area contributed by atoms with Crippen LogP contribution in [-0.4, -0.2) is 19.5 Å². The van der Waals surface area contributed by atoms with Crippen LogP contribution < -0.4 is 5.73 Å². The van der Waals surface area contributed by atoms with E-state index < -0.39 is 0 Å². The van der Waals surface area contributed by atoms with Crippen LogP contribution in [0.2, 0.25) is 0 Å². The number of pyridine rings is 2. The molecule has 5 heteroatoms. The number of imidazole rings is 1. The quantitative estimate of drug-likeness (QED) is 0.784. The first kappa shape index (κ1) is 12.3. The second kappa shape index (κ2) is 5.52. The van der Waals surface area contributed by atoms with Gasteiger partial charge in [0, 0.05) is 36.6 Å².